The Labute approximate surface area is 129 Å². The lowest BCUT2D eigenvalue weighted by Gasteiger charge is -2.45. The van der Waals surface area contributed by atoms with Gasteiger partial charge in [-0.15, -0.1) is 0 Å². The van der Waals surface area contributed by atoms with Crippen LogP contribution in [0.3, 0.4) is 0 Å². The molecule has 0 aliphatic heterocycles. The lowest BCUT2D eigenvalue weighted by atomic mass is 9.74. The fourth-order valence-corrected chi connectivity index (χ4v) is 3.93. The van der Waals surface area contributed by atoms with Crippen molar-refractivity contribution in [2.24, 2.45) is 0 Å². The number of carbonyl (C=O) groups is 1. The number of halogens is 1. The molecule has 110 valence electrons. The van der Waals surface area contributed by atoms with Crippen molar-refractivity contribution in [3.8, 4) is 0 Å². The van der Waals surface area contributed by atoms with Crippen molar-refractivity contribution in [3.05, 3.63) is 33.8 Å². The zero-order chi connectivity index (χ0) is 14.8. The first-order valence-electron chi connectivity index (χ1n) is 7.25. The van der Waals surface area contributed by atoms with E-state index < -0.39 is 5.97 Å². The number of rotatable bonds is 5. The first kappa shape index (κ1) is 15.5. The maximum absolute atomic E-state index is 11.3. The number of aryl methyl sites for hydroxylation is 1. The van der Waals surface area contributed by atoms with E-state index in [1.54, 1.807) is 0 Å². The third-order valence-corrected chi connectivity index (χ3v) is 4.96. The summed E-state index contributed by atoms with van der Waals surface area (Å²) in [5, 5.41) is 9.33. The Morgan fingerprint density at radius 3 is 2.65 bits per heavy atom. The standard InChI is InChI=1S/C16H22BrNO2/c1-3-18(4-2)16(11-15(19)20)8-7-12-9-14(17)6-5-13(12)10-16/h5-6,9H,3-4,7-8,10-11H2,1-2H3,(H,19,20). The third-order valence-electron chi connectivity index (χ3n) is 4.46. The molecule has 3 nitrogen and oxygen atoms in total. The molecule has 0 amide bonds. The predicted octanol–water partition coefficient (Wildman–Crippen LogP) is 3.49. The fourth-order valence-electron chi connectivity index (χ4n) is 3.52. The van der Waals surface area contributed by atoms with Gasteiger partial charge in [0, 0.05) is 10.0 Å². The molecule has 1 aliphatic carbocycles. The number of benzene rings is 1. The predicted molar refractivity (Wildman–Crippen MR) is 84.1 cm³/mol. The molecule has 1 N–H and O–H groups in total. The smallest absolute Gasteiger partial charge is 0.305 e. The Bertz CT molecular complexity index is 499. The van der Waals surface area contributed by atoms with Crippen LogP contribution in [0.2, 0.25) is 0 Å². The molecule has 1 aliphatic rings. The van der Waals surface area contributed by atoms with Gasteiger partial charge >= 0.3 is 5.97 Å². The molecule has 1 aromatic carbocycles. The number of carboxylic acids is 1. The van der Waals surface area contributed by atoms with Crippen LogP contribution in [0.25, 0.3) is 0 Å². The van der Waals surface area contributed by atoms with Crippen LogP contribution in [0.5, 0.6) is 0 Å². The van der Waals surface area contributed by atoms with E-state index in [4.69, 9.17) is 0 Å². The number of carboxylic acid groups (broad SMARTS) is 1. The van der Waals surface area contributed by atoms with E-state index in [0.717, 1.165) is 36.8 Å². The molecule has 20 heavy (non-hydrogen) atoms. The number of likely N-dealkylation sites (N-methyl/N-ethyl adjacent to an activating group) is 1. The Morgan fingerprint density at radius 1 is 1.35 bits per heavy atom. The molecular formula is C16H22BrNO2. The molecule has 0 radical (unpaired) electrons. The SMILES string of the molecule is CCN(CC)C1(CC(=O)O)CCc2cc(Br)ccc2C1. The minimum atomic E-state index is -0.697. The van der Waals surface area contributed by atoms with Gasteiger partial charge in [0.25, 0.3) is 0 Å². The van der Waals surface area contributed by atoms with E-state index in [-0.39, 0.29) is 12.0 Å². The fraction of sp³-hybridized carbons (Fsp3) is 0.562. The van der Waals surface area contributed by atoms with Crippen LogP contribution in [-0.4, -0.2) is 34.6 Å². The number of hydrogen-bond donors (Lipinski definition) is 1. The second-order valence-electron chi connectivity index (χ2n) is 5.56. The lowest BCUT2D eigenvalue weighted by molar-refractivity contribution is -0.140. The zero-order valence-electron chi connectivity index (χ0n) is 12.2. The van der Waals surface area contributed by atoms with E-state index >= 15 is 0 Å². The molecular weight excluding hydrogens is 318 g/mol. The van der Waals surface area contributed by atoms with Gasteiger partial charge in [-0.1, -0.05) is 35.8 Å². The number of fused-ring (bicyclic) bond motifs is 1. The quantitative estimate of drug-likeness (QED) is 0.892. The van der Waals surface area contributed by atoms with Crippen LogP contribution >= 0.6 is 15.9 Å². The van der Waals surface area contributed by atoms with Gasteiger partial charge in [0.05, 0.1) is 6.42 Å². The largest absolute Gasteiger partial charge is 0.481 e. The summed E-state index contributed by atoms with van der Waals surface area (Å²) in [6.45, 7) is 6.03. The van der Waals surface area contributed by atoms with Crippen LogP contribution in [0.15, 0.2) is 22.7 Å². The van der Waals surface area contributed by atoms with Crippen molar-refractivity contribution in [2.45, 2.75) is 45.1 Å². The van der Waals surface area contributed by atoms with Crippen LogP contribution in [-0.2, 0) is 17.6 Å². The molecule has 1 aromatic rings. The summed E-state index contributed by atoms with van der Waals surface area (Å²) >= 11 is 3.51. The minimum absolute atomic E-state index is 0.226. The number of nitrogens with zero attached hydrogens (tertiary/aromatic N) is 1. The van der Waals surface area contributed by atoms with Gasteiger partial charge in [-0.05, 0) is 55.6 Å². The first-order chi connectivity index (χ1) is 9.50. The van der Waals surface area contributed by atoms with Gasteiger partial charge in [0.2, 0.25) is 0 Å². The van der Waals surface area contributed by atoms with Crippen LogP contribution < -0.4 is 0 Å². The van der Waals surface area contributed by atoms with Gasteiger partial charge < -0.3 is 5.11 Å². The second kappa shape index (κ2) is 6.27. The highest BCUT2D eigenvalue weighted by Gasteiger charge is 2.40. The summed E-state index contributed by atoms with van der Waals surface area (Å²) in [5.74, 6) is -0.697. The summed E-state index contributed by atoms with van der Waals surface area (Å²) in [7, 11) is 0. The highest BCUT2D eigenvalue weighted by Crippen LogP contribution is 2.37. The highest BCUT2D eigenvalue weighted by atomic mass is 79.9. The number of hydrogen-bond acceptors (Lipinski definition) is 2. The van der Waals surface area contributed by atoms with Gasteiger partial charge in [-0.2, -0.15) is 0 Å². The summed E-state index contributed by atoms with van der Waals surface area (Å²) in [6.07, 6.45) is 2.94. The Hall–Kier alpha value is -0.870. The molecule has 1 atom stereocenters. The van der Waals surface area contributed by atoms with E-state index in [0.29, 0.717) is 0 Å². The van der Waals surface area contributed by atoms with Crippen LogP contribution in [0.4, 0.5) is 0 Å². The summed E-state index contributed by atoms with van der Waals surface area (Å²) < 4.78 is 1.10. The van der Waals surface area contributed by atoms with Gasteiger partial charge in [-0.25, -0.2) is 0 Å². The molecule has 0 aromatic heterocycles. The summed E-state index contributed by atoms with van der Waals surface area (Å²) in [4.78, 5) is 13.7. The molecule has 0 heterocycles. The third kappa shape index (κ3) is 3.07. The van der Waals surface area contributed by atoms with E-state index in [2.05, 4.69) is 52.9 Å². The molecule has 0 bridgehead atoms. The van der Waals surface area contributed by atoms with E-state index in [9.17, 15) is 9.90 Å². The number of aliphatic carboxylic acids is 1. The monoisotopic (exact) mass is 339 g/mol. The Kier molecular flexibility index (Phi) is 4.86. The normalized spacial score (nSPS) is 21.8. The first-order valence-corrected chi connectivity index (χ1v) is 8.04. The van der Waals surface area contributed by atoms with Gasteiger partial charge in [-0.3, -0.25) is 9.69 Å². The lowest BCUT2D eigenvalue weighted by Crippen LogP contribution is -2.53. The van der Waals surface area contributed by atoms with Gasteiger partial charge in [0.15, 0.2) is 0 Å². The molecule has 0 fully saturated rings. The average Bonchev–Trinajstić information content (AvgIpc) is 2.40. The van der Waals surface area contributed by atoms with E-state index in [1.165, 1.54) is 11.1 Å². The topological polar surface area (TPSA) is 40.5 Å². The molecule has 4 heteroatoms. The summed E-state index contributed by atoms with van der Waals surface area (Å²) in [6, 6.07) is 6.36. The Morgan fingerprint density at radius 2 is 2.05 bits per heavy atom. The van der Waals surface area contributed by atoms with E-state index in [1.807, 2.05) is 0 Å². The average molecular weight is 340 g/mol. The highest BCUT2D eigenvalue weighted by molar-refractivity contribution is 9.10. The summed E-state index contributed by atoms with van der Waals surface area (Å²) in [5.41, 5.74) is 2.43. The Balaban J connectivity index is 2.35. The van der Waals surface area contributed by atoms with Crippen molar-refractivity contribution in [3.63, 3.8) is 0 Å². The zero-order valence-corrected chi connectivity index (χ0v) is 13.7. The molecule has 2 rings (SSSR count). The minimum Gasteiger partial charge on any atom is -0.481 e. The molecule has 1 unspecified atom stereocenters. The van der Waals surface area contributed by atoms with Crippen LogP contribution in [0, 0.1) is 0 Å². The molecule has 0 saturated heterocycles. The maximum atomic E-state index is 11.3. The van der Waals surface area contributed by atoms with Gasteiger partial charge in [0.1, 0.15) is 0 Å². The van der Waals surface area contributed by atoms with Crippen LogP contribution in [0.1, 0.15) is 37.8 Å². The van der Waals surface area contributed by atoms with Crippen molar-refractivity contribution < 1.29 is 9.90 Å². The van der Waals surface area contributed by atoms with Crippen molar-refractivity contribution >= 4 is 21.9 Å². The maximum Gasteiger partial charge on any atom is 0.305 e. The van der Waals surface area contributed by atoms with Crippen molar-refractivity contribution in [1.82, 2.24) is 4.90 Å². The van der Waals surface area contributed by atoms with Crippen molar-refractivity contribution in [2.75, 3.05) is 13.1 Å². The second-order valence-corrected chi connectivity index (χ2v) is 6.47. The molecule has 0 saturated carbocycles. The van der Waals surface area contributed by atoms with Crippen molar-refractivity contribution in [1.29, 1.82) is 0 Å². The molecule has 0 spiro atoms.